The number of carbonyl (C=O) groups is 1. The number of rotatable bonds is 6. The topological polar surface area (TPSA) is 73.9 Å². The first kappa shape index (κ1) is 28.6. The van der Waals surface area contributed by atoms with Gasteiger partial charge in [0, 0.05) is 66.9 Å². The van der Waals surface area contributed by atoms with Crippen molar-refractivity contribution < 1.29 is 14.3 Å². The molecule has 1 unspecified atom stereocenters. The van der Waals surface area contributed by atoms with Crippen LogP contribution in [0.5, 0.6) is 16.7 Å². The second-order valence-electron chi connectivity index (χ2n) is 11.9. The van der Waals surface area contributed by atoms with Crippen LogP contribution in [0, 0.1) is 13.8 Å². The highest BCUT2D eigenvalue weighted by atomic mass is 32.1. The minimum atomic E-state index is -0.365. The van der Waals surface area contributed by atoms with Crippen LogP contribution >= 0.6 is 11.3 Å². The lowest BCUT2D eigenvalue weighted by Crippen LogP contribution is -2.43. The molecule has 1 N–H and O–H groups in total. The highest BCUT2D eigenvalue weighted by Gasteiger charge is 2.36. The Kier molecular flexibility index (Phi) is 7.84. The zero-order valence-corrected chi connectivity index (χ0v) is 26.2. The molecular formula is C35H37N5O3S. The molecule has 2 aliphatic rings. The number of hydrogen-bond acceptors (Lipinski definition) is 7. The molecule has 1 amide bonds. The maximum Gasteiger partial charge on any atom is 0.416 e. The van der Waals surface area contributed by atoms with Crippen molar-refractivity contribution in [3.63, 3.8) is 0 Å². The number of H-pyrrole nitrogens is 1. The third-order valence-electron chi connectivity index (χ3n) is 8.65. The molecule has 0 radical (unpaired) electrons. The van der Waals surface area contributed by atoms with Crippen molar-refractivity contribution >= 4 is 28.3 Å². The predicted octanol–water partition coefficient (Wildman–Crippen LogP) is 6.93. The Bertz CT molecular complexity index is 1770. The fourth-order valence-electron chi connectivity index (χ4n) is 6.17. The van der Waals surface area contributed by atoms with Crippen molar-refractivity contribution in [2.75, 3.05) is 39.8 Å². The maximum absolute atomic E-state index is 13.6. The summed E-state index contributed by atoms with van der Waals surface area (Å²) in [5, 5.41) is 1.85. The lowest BCUT2D eigenvalue weighted by molar-refractivity contribution is 0.135. The molecule has 0 aliphatic carbocycles. The summed E-state index contributed by atoms with van der Waals surface area (Å²) in [5.41, 5.74) is 6.68. The number of hydrogen-bond donors (Lipinski definition) is 1. The molecule has 5 aromatic rings. The van der Waals surface area contributed by atoms with Gasteiger partial charge in [0.15, 0.2) is 0 Å². The number of nitrogens with zero attached hydrogens (tertiary/aromatic N) is 4. The average molecular weight is 608 g/mol. The van der Waals surface area contributed by atoms with E-state index in [4.69, 9.17) is 9.47 Å². The van der Waals surface area contributed by atoms with E-state index in [1.54, 1.807) is 11.3 Å². The van der Waals surface area contributed by atoms with Gasteiger partial charge in [-0.15, -0.1) is 0 Å². The van der Waals surface area contributed by atoms with Crippen LogP contribution in [0.25, 0.3) is 10.9 Å². The molecule has 3 aromatic carbocycles. The highest BCUT2D eigenvalue weighted by molar-refractivity contribution is 7.13. The minimum absolute atomic E-state index is 0.325. The number of amides is 1. The van der Waals surface area contributed by atoms with E-state index < -0.39 is 0 Å². The van der Waals surface area contributed by atoms with Gasteiger partial charge >= 0.3 is 6.09 Å². The first-order valence-electron chi connectivity index (χ1n) is 15.2. The van der Waals surface area contributed by atoms with E-state index >= 15 is 0 Å². The lowest BCUT2D eigenvalue weighted by Gasteiger charge is -2.35. The first-order chi connectivity index (χ1) is 21.4. The normalized spacial score (nSPS) is 17.5. The maximum atomic E-state index is 13.6. The Hall–Kier alpha value is -4.18. The number of aromatic nitrogens is 2. The number of likely N-dealkylation sites (N-methyl/N-ethyl adjacent to an activating group) is 1. The SMILES string of the molecule is Cc1ccc(OC(=O)N2CCc3c([nH]c4ccc(C)cc34)C2c2ccc(Oc3ncc(CN4CCN(C)CC4)s3)cc2)cc1. The van der Waals surface area contributed by atoms with E-state index in [1.807, 2.05) is 66.6 Å². The fourth-order valence-corrected chi connectivity index (χ4v) is 6.99. The van der Waals surface area contributed by atoms with Crippen LogP contribution < -0.4 is 9.47 Å². The van der Waals surface area contributed by atoms with Crippen LogP contribution in [0.3, 0.4) is 0 Å². The molecule has 44 heavy (non-hydrogen) atoms. The van der Waals surface area contributed by atoms with Crippen molar-refractivity contribution in [2.45, 2.75) is 32.9 Å². The van der Waals surface area contributed by atoms with Gasteiger partial charge in [0.25, 0.3) is 5.19 Å². The molecule has 7 rings (SSSR count). The van der Waals surface area contributed by atoms with E-state index in [0.29, 0.717) is 23.2 Å². The van der Waals surface area contributed by atoms with Gasteiger partial charge in [-0.2, -0.15) is 0 Å². The van der Waals surface area contributed by atoms with E-state index in [1.165, 1.54) is 21.4 Å². The molecule has 2 aromatic heterocycles. The van der Waals surface area contributed by atoms with Crippen LogP contribution in [0.4, 0.5) is 4.79 Å². The number of aryl methyl sites for hydroxylation is 2. The molecule has 226 valence electrons. The number of aromatic amines is 1. The average Bonchev–Trinajstić information content (AvgIpc) is 3.63. The monoisotopic (exact) mass is 607 g/mol. The number of thiazole rings is 1. The number of fused-ring (bicyclic) bond motifs is 3. The Morgan fingerprint density at radius 2 is 1.66 bits per heavy atom. The second kappa shape index (κ2) is 12.1. The first-order valence-corrected chi connectivity index (χ1v) is 16.0. The standard InChI is InChI=1S/C35H37N5O3S/c1-23-4-9-27(10-5-23)43-35(41)40-15-14-29-30-20-24(2)6-13-31(30)37-32(29)33(40)25-7-11-26(12-8-25)42-34-36-21-28(44-34)22-39-18-16-38(3)17-19-39/h4-13,20-21,33,37H,14-19,22H2,1-3H3. The summed E-state index contributed by atoms with van der Waals surface area (Å²) in [6.07, 6.45) is 2.31. The van der Waals surface area contributed by atoms with Gasteiger partial charge in [-0.25, -0.2) is 9.78 Å². The minimum Gasteiger partial charge on any atom is -0.431 e. The van der Waals surface area contributed by atoms with Gasteiger partial charge in [0.1, 0.15) is 17.5 Å². The Balaban J connectivity index is 1.13. The third kappa shape index (κ3) is 5.95. The van der Waals surface area contributed by atoms with Crippen molar-refractivity contribution in [3.05, 3.63) is 106 Å². The zero-order chi connectivity index (χ0) is 30.2. The van der Waals surface area contributed by atoms with Crippen molar-refractivity contribution in [1.29, 1.82) is 0 Å². The Morgan fingerprint density at radius 3 is 2.43 bits per heavy atom. The molecule has 1 fully saturated rings. The van der Waals surface area contributed by atoms with Crippen LogP contribution in [0.1, 0.15) is 38.9 Å². The van der Waals surface area contributed by atoms with E-state index in [-0.39, 0.29) is 12.1 Å². The van der Waals surface area contributed by atoms with Gasteiger partial charge in [0.2, 0.25) is 0 Å². The van der Waals surface area contributed by atoms with E-state index in [2.05, 4.69) is 51.9 Å². The Labute approximate surface area is 261 Å². The molecule has 8 nitrogen and oxygen atoms in total. The molecule has 2 aliphatic heterocycles. The number of piperazine rings is 1. The van der Waals surface area contributed by atoms with Gasteiger partial charge in [-0.05, 0) is 74.8 Å². The largest absolute Gasteiger partial charge is 0.431 e. The highest BCUT2D eigenvalue weighted by Crippen LogP contribution is 2.40. The molecule has 1 atom stereocenters. The summed E-state index contributed by atoms with van der Waals surface area (Å²) >= 11 is 1.59. The molecule has 0 spiro atoms. The van der Waals surface area contributed by atoms with Gasteiger partial charge in [0.05, 0.1) is 0 Å². The number of nitrogens with one attached hydrogen (secondary N) is 1. The van der Waals surface area contributed by atoms with Crippen LogP contribution in [-0.4, -0.2) is 70.5 Å². The summed E-state index contributed by atoms with van der Waals surface area (Å²) in [6.45, 7) is 9.91. The summed E-state index contributed by atoms with van der Waals surface area (Å²) in [7, 11) is 2.17. The summed E-state index contributed by atoms with van der Waals surface area (Å²) < 4.78 is 12.0. The van der Waals surface area contributed by atoms with Crippen LogP contribution in [-0.2, 0) is 13.0 Å². The number of carbonyl (C=O) groups excluding carboxylic acids is 1. The smallest absolute Gasteiger partial charge is 0.416 e. The predicted molar refractivity (Wildman–Crippen MR) is 174 cm³/mol. The van der Waals surface area contributed by atoms with Gasteiger partial charge < -0.3 is 19.4 Å². The quantitative estimate of drug-likeness (QED) is 0.226. The summed E-state index contributed by atoms with van der Waals surface area (Å²) in [6, 6.07) is 21.7. The van der Waals surface area contributed by atoms with Crippen molar-refractivity contribution in [2.24, 2.45) is 0 Å². The van der Waals surface area contributed by atoms with Crippen LogP contribution in [0.15, 0.2) is 72.9 Å². The number of ether oxygens (including phenoxy) is 2. The summed E-state index contributed by atoms with van der Waals surface area (Å²) in [5.74, 6) is 1.25. The zero-order valence-electron chi connectivity index (χ0n) is 25.4. The van der Waals surface area contributed by atoms with Crippen molar-refractivity contribution in [3.8, 4) is 16.7 Å². The molecule has 4 heterocycles. The van der Waals surface area contributed by atoms with Crippen LogP contribution in [0.2, 0.25) is 0 Å². The van der Waals surface area contributed by atoms with Gasteiger partial charge in [-0.1, -0.05) is 52.8 Å². The third-order valence-corrected chi connectivity index (χ3v) is 9.51. The van der Waals surface area contributed by atoms with E-state index in [9.17, 15) is 4.79 Å². The van der Waals surface area contributed by atoms with Gasteiger partial charge in [-0.3, -0.25) is 9.80 Å². The molecule has 1 saturated heterocycles. The fraction of sp³-hybridized carbons (Fsp3) is 0.314. The summed E-state index contributed by atoms with van der Waals surface area (Å²) in [4.78, 5) is 29.7. The van der Waals surface area contributed by atoms with Crippen molar-refractivity contribution in [1.82, 2.24) is 24.7 Å². The second-order valence-corrected chi connectivity index (χ2v) is 13.0. The molecule has 9 heteroatoms. The molecular weight excluding hydrogens is 570 g/mol. The number of benzene rings is 3. The van der Waals surface area contributed by atoms with E-state index in [0.717, 1.165) is 61.5 Å². The Morgan fingerprint density at radius 1 is 0.932 bits per heavy atom. The lowest BCUT2D eigenvalue weighted by atomic mass is 9.92. The molecule has 0 saturated carbocycles. The molecule has 0 bridgehead atoms.